The Kier molecular flexibility index (Phi) is 3.83. The zero-order valence-electron chi connectivity index (χ0n) is 13.3. The van der Waals surface area contributed by atoms with Crippen molar-refractivity contribution >= 4 is 28.3 Å². The smallest absolute Gasteiger partial charge is 0.259 e. The Hall–Kier alpha value is -2.95. The number of hydrogen-bond donors (Lipinski definition) is 1. The molecule has 1 aliphatic heterocycles. The summed E-state index contributed by atoms with van der Waals surface area (Å²) in [6.45, 7) is 1.90. The lowest BCUT2D eigenvalue weighted by Gasteiger charge is -2.19. The summed E-state index contributed by atoms with van der Waals surface area (Å²) >= 11 is 0. The van der Waals surface area contributed by atoms with Crippen molar-refractivity contribution in [2.45, 2.75) is 12.8 Å². The molecule has 1 aromatic carbocycles. The molecule has 120 valence electrons. The highest BCUT2D eigenvalue weighted by atomic mass is 16.1. The fourth-order valence-electron chi connectivity index (χ4n) is 3.15. The van der Waals surface area contributed by atoms with Crippen molar-refractivity contribution in [3.63, 3.8) is 0 Å². The van der Waals surface area contributed by atoms with Crippen LogP contribution in [0.2, 0.25) is 0 Å². The third-order valence-corrected chi connectivity index (χ3v) is 4.32. The van der Waals surface area contributed by atoms with Gasteiger partial charge in [-0.1, -0.05) is 18.2 Å². The van der Waals surface area contributed by atoms with E-state index in [-0.39, 0.29) is 5.91 Å². The molecule has 5 nitrogen and oxygen atoms in total. The van der Waals surface area contributed by atoms with E-state index in [0.29, 0.717) is 11.3 Å². The largest absolute Gasteiger partial charge is 0.356 e. The van der Waals surface area contributed by atoms with Crippen LogP contribution in [0.4, 0.5) is 11.5 Å². The molecule has 24 heavy (non-hydrogen) atoms. The average molecular weight is 318 g/mol. The summed E-state index contributed by atoms with van der Waals surface area (Å²) in [6.07, 6.45) is 5.76. The first-order valence-electron chi connectivity index (χ1n) is 8.18. The number of anilines is 2. The zero-order chi connectivity index (χ0) is 16.4. The van der Waals surface area contributed by atoms with Gasteiger partial charge in [-0.05, 0) is 37.1 Å². The van der Waals surface area contributed by atoms with Gasteiger partial charge in [-0.2, -0.15) is 0 Å². The van der Waals surface area contributed by atoms with Gasteiger partial charge in [-0.15, -0.1) is 0 Å². The molecular formula is C19H18N4O. The lowest BCUT2D eigenvalue weighted by atomic mass is 10.1. The molecule has 3 aromatic rings. The van der Waals surface area contributed by atoms with Crippen LogP contribution in [0.15, 0.2) is 54.9 Å². The highest BCUT2D eigenvalue weighted by Gasteiger charge is 2.21. The molecule has 0 aliphatic carbocycles. The Balaban J connectivity index is 1.67. The number of carbonyl (C=O) groups is 1. The molecule has 4 rings (SSSR count). The van der Waals surface area contributed by atoms with Gasteiger partial charge in [0.15, 0.2) is 0 Å². The topological polar surface area (TPSA) is 58.1 Å². The second-order valence-electron chi connectivity index (χ2n) is 5.90. The Morgan fingerprint density at radius 2 is 1.71 bits per heavy atom. The van der Waals surface area contributed by atoms with Crippen molar-refractivity contribution in [2.24, 2.45) is 0 Å². The summed E-state index contributed by atoms with van der Waals surface area (Å²) in [7, 11) is 0. The molecule has 0 radical (unpaired) electrons. The normalized spacial score (nSPS) is 14.1. The van der Waals surface area contributed by atoms with E-state index in [1.165, 1.54) is 0 Å². The van der Waals surface area contributed by atoms with Gasteiger partial charge in [-0.25, -0.2) is 4.98 Å². The molecule has 0 spiro atoms. The van der Waals surface area contributed by atoms with Crippen LogP contribution in [0.25, 0.3) is 10.9 Å². The number of nitrogens with zero attached hydrogens (tertiary/aromatic N) is 3. The molecule has 0 atom stereocenters. The maximum atomic E-state index is 12.8. The molecule has 5 heteroatoms. The monoisotopic (exact) mass is 318 g/mol. The van der Waals surface area contributed by atoms with E-state index in [1.807, 2.05) is 36.4 Å². The number of pyridine rings is 2. The van der Waals surface area contributed by atoms with Gasteiger partial charge in [0, 0.05) is 30.9 Å². The molecule has 0 saturated carbocycles. The number of carbonyl (C=O) groups excluding carboxylic acids is 1. The van der Waals surface area contributed by atoms with E-state index in [2.05, 4.69) is 20.2 Å². The highest BCUT2D eigenvalue weighted by molar-refractivity contribution is 6.10. The molecule has 3 heterocycles. The fourth-order valence-corrected chi connectivity index (χ4v) is 3.15. The first-order chi connectivity index (χ1) is 11.8. The molecule has 1 fully saturated rings. The van der Waals surface area contributed by atoms with Gasteiger partial charge in [0.25, 0.3) is 5.91 Å². The van der Waals surface area contributed by atoms with Crippen molar-refractivity contribution in [3.05, 3.63) is 60.4 Å². The van der Waals surface area contributed by atoms with E-state index in [0.717, 1.165) is 42.7 Å². The molecular weight excluding hydrogens is 300 g/mol. The number of aromatic nitrogens is 2. The van der Waals surface area contributed by atoms with E-state index in [4.69, 9.17) is 0 Å². The number of rotatable bonds is 3. The number of benzene rings is 1. The van der Waals surface area contributed by atoms with E-state index in [9.17, 15) is 4.79 Å². The molecule has 1 aliphatic rings. The quantitative estimate of drug-likeness (QED) is 0.803. The Labute approximate surface area is 140 Å². The van der Waals surface area contributed by atoms with Gasteiger partial charge in [-0.3, -0.25) is 9.78 Å². The van der Waals surface area contributed by atoms with Crippen molar-refractivity contribution in [1.82, 2.24) is 9.97 Å². The van der Waals surface area contributed by atoms with Crippen LogP contribution in [0.1, 0.15) is 23.2 Å². The third kappa shape index (κ3) is 2.69. The van der Waals surface area contributed by atoms with E-state index < -0.39 is 0 Å². The maximum absolute atomic E-state index is 12.8. The number of amides is 1. The van der Waals surface area contributed by atoms with Gasteiger partial charge < -0.3 is 10.2 Å². The average Bonchev–Trinajstić information content (AvgIpc) is 3.16. The number of fused-ring (bicyclic) bond motifs is 1. The Bertz CT molecular complexity index is 882. The molecule has 1 N–H and O–H groups in total. The summed E-state index contributed by atoms with van der Waals surface area (Å²) in [5.74, 6) is 0.615. The molecule has 1 saturated heterocycles. The number of para-hydroxylation sites is 1. The van der Waals surface area contributed by atoms with Crippen molar-refractivity contribution in [1.29, 1.82) is 0 Å². The maximum Gasteiger partial charge on any atom is 0.259 e. The SMILES string of the molecule is O=C(Nc1cccc2cccnc12)c1cccnc1N1CCCC1. The highest BCUT2D eigenvalue weighted by Crippen LogP contribution is 2.25. The third-order valence-electron chi connectivity index (χ3n) is 4.32. The minimum atomic E-state index is -0.150. The van der Waals surface area contributed by atoms with E-state index in [1.54, 1.807) is 18.5 Å². The number of nitrogens with one attached hydrogen (secondary N) is 1. The minimum Gasteiger partial charge on any atom is -0.356 e. The summed E-state index contributed by atoms with van der Waals surface area (Å²) in [5, 5.41) is 4.00. The van der Waals surface area contributed by atoms with Gasteiger partial charge in [0.1, 0.15) is 5.82 Å². The molecule has 0 unspecified atom stereocenters. The number of hydrogen-bond acceptors (Lipinski definition) is 4. The van der Waals surface area contributed by atoms with Crippen molar-refractivity contribution in [2.75, 3.05) is 23.3 Å². The standard InChI is InChI=1S/C19H18N4O/c24-19(15-8-5-11-21-18(15)23-12-1-2-13-23)22-16-9-3-6-14-7-4-10-20-17(14)16/h3-11H,1-2,12-13H2,(H,22,24). The van der Waals surface area contributed by atoms with Gasteiger partial charge in [0.2, 0.25) is 0 Å². The van der Waals surface area contributed by atoms with Crippen LogP contribution in [-0.2, 0) is 0 Å². The van der Waals surface area contributed by atoms with Crippen molar-refractivity contribution < 1.29 is 4.79 Å². The van der Waals surface area contributed by atoms with Crippen LogP contribution in [0, 0.1) is 0 Å². The Morgan fingerprint density at radius 3 is 2.58 bits per heavy atom. The predicted molar refractivity (Wildman–Crippen MR) is 95.4 cm³/mol. The first kappa shape index (κ1) is 14.6. The zero-order valence-corrected chi connectivity index (χ0v) is 13.3. The molecule has 2 aromatic heterocycles. The van der Waals surface area contributed by atoms with Gasteiger partial charge >= 0.3 is 0 Å². The minimum absolute atomic E-state index is 0.150. The lowest BCUT2D eigenvalue weighted by molar-refractivity contribution is 0.102. The van der Waals surface area contributed by atoms with Gasteiger partial charge in [0.05, 0.1) is 16.8 Å². The summed E-state index contributed by atoms with van der Waals surface area (Å²) in [5.41, 5.74) is 2.11. The summed E-state index contributed by atoms with van der Waals surface area (Å²) < 4.78 is 0. The second-order valence-corrected chi connectivity index (χ2v) is 5.90. The first-order valence-corrected chi connectivity index (χ1v) is 8.18. The fraction of sp³-hybridized carbons (Fsp3) is 0.211. The van der Waals surface area contributed by atoms with Crippen LogP contribution >= 0.6 is 0 Å². The molecule has 0 bridgehead atoms. The summed E-state index contributed by atoms with van der Waals surface area (Å²) in [6, 6.07) is 13.3. The predicted octanol–water partition coefficient (Wildman–Crippen LogP) is 3.48. The van der Waals surface area contributed by atoms with Crippen LogP contribution < -0.4 is 10.2 Å². The Morgan fingerprint density at radius 1 is 0.958 bits per heavy atom. The van der Waals surface area contributed by atoms with Crippen LogP contribution in [0.3, 0.4) is 0 Å². The van der Waals surface area contributed by atoms with Crippen LogP contribution in [0.5, 0.6) is 0 Å². The van der Waals surface area contributed by atoms with Crippen molar-refractivity contribution in [3.8, 4) is 0 Å². The summed E-state index contributed by atoms with van der Waals surface area (Å²) in [4.78, 5) is 23.8. The van der Waals surface area contributed by atoms with E-state index >= 15 is 0 Å². The molecule has 1 amide bonds. The van der Waals surface area contributed by atoms with Crippen LogP contribution in [-0.4, -0.2) is 29.0 Å². The second kappa shape index (κ2) is 6.28. The lowest BCUT2D eigenvalue weighted by Crippen LogP contribution is -2.24.